The predicted molar refractivity (Wildman–Crippen MR) is 193 cm³/mol. The lowest BCUT2D eigenvalue weighted by Gasteiger charge is -2.29. The number of carboxylic acid groups (broad SMARTS) is 1. The average Bonchev–Trinajstić information content (AvgIpc) is 4.00. The van der Waals surface area contributed by atoms with E-state index in [2.05, 4.69) is 71.0 Å². The summed E-state index contributed by atoms with van der Waals surface area (Å²) in [5, 5.41) is 14.2. The summed E-state index contributed by atoms with van der Waals surface area (Å²) in [6, 6.07) is 10.6. The number of imidazole rings is 2. The van der Waals surface area contributed by atoms with Gasteiger partial charge in [0.05, 0.1) is 43.0 Å². The van der Waals surface area contributed by atoms with Crippen molar-refractivity contribution >= 4 is 45.8 Å². The van der Waals surface area contributed by atoms with Crippen LogP contribution in [0.3, 0.4) is 0 Å². The molecule has 2 fully saturated rings. The molecule has 0 radical (unpaired) electrons. The molecule has 0 spiro atoms. The van der Waals surface area contributed by atoms with Crippen molar-refractivity contribution in [2.45, 2.75) is 63.7 Å². The zero-order chi connectivity index (χ0) is 36.8. The minimum absolute atomic E-state index is 0.181. The van der Waals surface area contributed by atoms with Gasteiger partial charge in [-0.15, -0.1) is 0 Å². The number of nitrogens with one attached hydrogen (secondary N) is 3. The van der Waals surface area contributed by atoms with E-state index in [0.29, 0.717) is 24.7 Å². The number of likely N-dealkylation sites (N-methyl/N-ethyl adjacent to an activating group) is 1. The van der Waals surface area contributed by atoms with Crippen molar-refractivity contribution in [3.8, 4) is 22.5 Å². The monoisotopic (exact) mass is 709 g/mol. The number of aromatic nitrogens is 5. The highest BCUT2D eigenvalue weighted by atomic mass is 16.5. The molecule has 4 atom stereocenters. The number of methoxy groups -OCH3 is 1. The Balaban J connectivity index is 1.12. The number of hydrogen-bond donors (Lipinski definition) is 4. The Kier molecular flexibility index (Phi) is 9.11. The van der Waals surface area contributed by atoms with E-state index in [1.807, 2.05) is 7.05 Å². The number of rotatable bonds is 8. The van der Waals surface area contributed by atoms with Gasteiger partial charge in [0.25, 0.3) is 0 Å². The number of benzene rings is 2. The molecule has 2 aliphatic rings. The highest BCUT2D eigenvalue weighted by Crippen LogP contribution is 2.37. The zero-order valence-corrected chi connectivity index (χ0v) is 29.8. The van der Waals surface area contributed by atoms with Gasteiger partial charge in [-0.25, -0.2) is 19.6 Å². The number of ether oxygens (including phenoxy) is 1. The average molecular weight is 710 g/mol. The van der Waals surface area contributed by atoms with Gasteiger partial charge in [-0.2, -0.15) is 0 Å². The van der Waals surface area contributed by atoms with Crippen LogP contribution >= 0.6 is 0 Å². The van der Waals surface area contributed by atoms with Crippen molar-refractivity contribution in [2.24, 2.45) is 7.05 Å². The van der Waals surface area contributed by atoms with Crippen LogP contribution in [0.4, 0.5) is 9.59 Å². The molecule has 52 heavy (non-hydrogen) atoms. The fourth-order valence-corrected chi connectivity index (χ4v) is 7.59. The molecule has 0 bridgehead atoms. The Labute approximate surface area is 299 Å². The molecule has 2 aromatic carbocycles. The molecule has 2 aliphatic heterocycles. The largest absolute Gasteiger partial charge is 0.465 e. The maximum Gasteiger partial charge on any atom is 0.407 e. The van der Waals surface area contributed by atoms with Crippen LogP contribution in [-0.4, -0.2) is 108 Å². The molecule has 0 saturated carbocycles. The SMILES string of the molecule is COC(=O)N[C@@H](C)C(=O)N1CCC[C@H]1c1ncc(-c2ccc3c4ccc(-c5cnc([C@@H]6CCCN6C(=O)[C@H](C)N(C)C(=O)O)[nH]5)cc4n(C)c3c2)[nH]1. The summed E-state index contributed by atoms with van der Waals surface area (Å²) in [4.78, 5) is 70.3. The summed E-state index contributed by atoms with van der Waals surface area (Å²) in [5.74, 6) is 0.978. The van der Waals surface area contributed by atoms with Crippen molar-refractivity contribution < 1.29 is 29.0 Å². The Morgan fingerprint density at radius 3 is 1.85 bits per heavy atom. The van der Waals surface area contributed by atoms with Crippen molar-refractivity contribution in [1.29, 1.82) is 0 Å². The van der Waals surface area contributed by atoms with Crippen molar-refractivity contribution in [1.82, 2.24) is 44.5 Å². The van der Waals surface area contributed by atoms with Gasteiger partial charge in [-0.3, -0.25) is 14.5 Å². The second-order valence-electron chi connectivity index (χ2n) is 13.7. The smallest absolute Gasteiger partial charge is 0.407 e. The van der Waals surface area contributed by atoms with Crippen LogP contribution in [-0.2, 0) is 21.4 Å². The first-order valence-electron chi connectivity index (χ1n) is 17.5. The van der Waals surface area contributed by atoms with Crippen molar-refractivity contribution in [3.63, 3.8) is 0 Å². The third-order valence-electron chi connectivity index (χ3n) is 10.7. The molecular weight excluding hydrogens is 666 g/mol. The molecule has 3 aromatic heterocycles. The van der Waals surface area contributed by atoms with E-state index in [0.717, 1.165) is 74.9 Å². The van der Waals surface area contributed by atoms with Crippen molar-refractivity contribution in [2.75, 3.05) is 27.2 Å². The normalized spacial score (nSPS) is 18.6. The molecular formula is C37H43N9O6. The fourth-order valence-electron chi connectivity index (χ4n) is 7.59. The molecule has 15 nitrogen and oxygen atoms in total. The van der Waals surface area contributed by atoms with Crippen LogP contribution in [0.1, 0.15) is 63.3 Å². The number of aryl methyl sites for hydroxylation is 1. The Hall–Kier alpha value is -5.86. The van der Waals surface area contributed by atoms with Crippen LogP contribution in [0.2, 0.25) is 0 Å². The molecule has 272 valence electrons. The van der Waals surface area contributed by atoms with E-state index < -0.39 is 24.3 Å². The minimum atomic E-state index is -1.14. The summed E-state index contributed by atoms with van der Waals surface area (Å²) in [5.41, 5.74) is 5.69. The second-order valence-corrected chi connectivity index (χ2v) is 13.7. The molecule has 15 heteroatoms. The molecule has 0 unspecified atom stereocenters. The molecule has 0 aliphatic carbocycles. The number of nitrogens with zero attached hydrogens (tertiary/aromatic N) is 6. The standard InChI is InChI=1S/C37H43N9O6/c1-20(40-36(49)52-5)34(47)45-14-6-8-28(45)32-38-18-26(41-32)22-10-12-24-25-13-11-23(17-31(25)44(4)30(24)16-22)27-19-39-33(42-27)29-9-7-15-46(29)35(48)21(2)43(3)37(50)51/h10-13,16-21,28-29H,6-9,14-15H2,1-5H3,(H,38,41)(H,39,42)(H,40,49)(H,50,51)/t20-,21-,28-,29-/m0/s1. The fraction of sp³-hybridized carbons (Fsp3) is 0.405. The molecule has 4 amide bonds. The van der Waals surface area contributed by atoms with Gasteiger partial charge in [-0.05, 0) is 51.7 Å². The lowest BCUT2D eigenvalue weighted by molar-refractivity contribution is -0.136. The maximum atomic E-state index is 13.2. The Bertz CT molecular complexity index is 2190. The van der Waals surface area contributed by atoms with Crippen LogP contribution in [0.5, 0.6) is 0 Å². The number of fused-ring (bicyclic) bond motifs is 3. The van der Waals surface area contributed by atoms with Gasteiger partial charge in [0.1, 0.15) is 23.7 Å². The maximum absolute atomic E-state index is 13.2. The van der Waals surface area contributed by atoms with Crippen LogP contribution in [0.25, 0.3) is 44.3 Å². The highest BCUT2D eigenvalue weighted by molar-refractivity contribution is 6.09. The van der Waals surface area contributed by atoms with E-state index in [1.54, 1.807) is 36.0 Å². The summed E-state index contributed by atoms with van der Waals surface area (Å²) in [6.45, 7) is 4.39. The quantitative estimate of drug-likeness (QED) is 0.170. The number of alkyl carbamates (subject to hydrolysis) is 1. The summed E-state index contributed by atoms with van der Waals surface area (Å²) >= 11 is 0. The van der Waals surface area contributed by atoms with Gasteiger partial charge in [-0.1, -0.05) is 24.3 Å². The first-order valence-corrected chi connectivity index (χ1v) is 17.5. The van der Waals surface area contributed by atoms with Gasteiger partial charge in [0.2, 0.25) is 11.8 Å². The third-order valence-corrected chi connectivity index (χ3v) is 10.7. The predicted octanol–water partition coefficient (Wildman–Crippen LogP) is 5.18. The molecule has 2 saturated heterocycles. The highest BCUT2D eigenvalue weighted by Gasteiger charge is 2.37. The topological polar surface area (TPSA) is 182 Å². The molecule has 5 heterocycles. The first-order chi connectivity index (χ1) is 25.0. The second kappa shape index (κ2) is 13.7. The Morgan fingerprint density at radius 1 is 0.865 bits per heavy atom. The molecule has 5 aromatic rings. The Morgan fingerprint density at radius 2 is 1.37 bits per heavy atom. The number of amides is 4. The van der Waals surface area contributed by atoms with Gasteiger partial charge in [0, 0.05) is 60.1 Å². The van der Waals surface area contributed by atoms with E-state index in [-0.39, 0.29) is 23.9 Å². The zero-order valence-electron chi connectivity index (χ0n) is 29.8. The van der Waals surface area contributed by atoms with E-state index in [4.69, 9.17) is 0 Å². The van der Waals surface area contributed by atoms with Crippen LogP contribution < -0.4 is 5.32 Å². The van der Waals surface area contributed by atoms with Gasteiger partial charge < -0.3 is 39.5 Å². The van der Waals surface area contributed by atoms with Crippen molar-refractivity contribution in [3.05, 3.63) is 60.4 Å². The number of H-pyrrole nitrogens is 2. The van der Waals surface area contributed by atoms with Gasteiger partial charge in [0.15, 0.2) is 0 Å². The van der Waals surface area contributed by atoms with Crippen LogP contribution in [0, 0.1) is 0 Å². The molecule has 4 N–H and O–H groups in total. The number of hydrogen-bond acceptors (Lipinski definition) is 7. The lowest BCUT2D eigenvalue weighted by Crippen LogP contribution is -2.47. The lowest BCUT2D eigenvalue weighted by atomic mass is 10.1. The first kappa shape index (κ1) is 34.6. The summed E-state index contributed by atoms with van der Waals surface area (Å²) < 4.78 is 6.82. The number of aromatic amines is 2. The summed E-state index contributed by atoms with van der Waals surface area (Å²) in [6.07, 6.45) is 4.97. The number of carbonyl (C=O) groups is 4. The minimum Gasteiger partial charge on any atom is -0.465 e. The molecule has 7 rings (SSSR count). The number of carbonyl (C=O) groups excluding carboxylic acids is 3. The third kappa shape index (κ3) is 6.09. The van der Waals surface area contributed by atoms with E-state index in [9.17, 15) is 24.3 Å². The van der Waals surface area contributed by atoms with E-state index in [1.165, 1.54) is 14.2 Å². The number of likely N-dealkylation sites (tertiary alicyclic amines) is 2. The summed E-state index contributed by atoms with van der Waals surface area (Å²) in [7, 11) is 4.72. The van der Waals surface area contributed by atoms with E-state index >= 15 is 0 Å². The van der Waals surface area contributed by atoms with Gasteiger partial charge >= 0.3 is 12.2 Å². The van der Waals surface area contributed by atoms with Crippen LogP contribution in [0.15, 0.2) is 48.8 Å².